The number of amides is 1. The molecule has 2 unspecified atom stereocenters. The van der Waals surface area contributed by atoms with Crippen molar-refractivity contribution in [1.82, 2.24) is 25.2 Å². The molecule has 6 nitrogen and oxygen atoms in total. The maximum absolute atomic E-state index is 12.2. The van der Waals surface area contributed by atoms with Crippen molar-refractivity contribution in [1.29, 1.82) is 0 Å². The van der Waals surface area contributed by atoms with Crippen LogP contribution in [-0.4, -0.2) is 51.0 Å². The molecule has 1 fully saturated rings. The molecule has 0 aromatic carbocycles. The Kier molecular flexibility index (Phi) is 4.42. The van der Waals surface area contributed by atoms with Gasteiger partial charge >= 0.3 is 0 Å². The Labute approximate surface area is 120 Å². The topological polar surface area (TPSA) is 63.1 Å². The van der Waals surface area contributed by atoms with Gasteiger partial charge in [0, 0.05) is 31.2 Å². The van der Waals surface area contributed by atoms with E-state index in [-0.39, 0.29) is 18.0 Å². The molecule has 0 radical (unpaired) electrons. The van der Waals surface area contributed by atoms with Gasteiger partial charge in [0.05, 0.1) is 6.20 Å². The fraction of sp³-hybridized carbons (Fsp3) is 0.786. The standard InChI is InChI=1S/C14H25N5O/c1-9(2)18-6-11(5)12(7-18)15-14(20)13-8-19(10(3)4)17-16-13/h8-12H,6-7H2,1-5H3,(H,15,20). The Hall–Kier alpha value is -1.43. The molecule has 1 aliphatic heterocycles. The lowest BCUT2D eigenvalue weighted by atomic mass is 10.1. The number of carbonyl (C=O) groups excluding carboxylic acids is 1. The second-order valence-electron chi connectivity index (χ2n) is 6.28. The average Bonchev–Trinajstić information content (AvgIpc) is 2.97. The highest BCUT2D eigenvalue weighted by Gasteiger charge is 2.32. The van der Waals surface area contributed by atoms with E-state index >= 15 is 0 Å². The smallest absolute Gasteiger partial charge is 0.273 e. The van der Waals surface area contributed by atoms with Crippen LogP contribution in [0.15, 0.2) is 6.20 Å². The van der Waals surface area contributed by atoms with Crippen LogP contribution in [0.25, 0.3) is 0 Å². The summed E-state index contributed by atoms with van der Waals surface area (Å²) < 4.78 is 1.70. The summed E-state index contributed by atoms with van der Waals surface area (Å²) in [5, 5.41) is 11.0. The minimum Gasteiger partial charge on any atom is -0.346 e. The van der Waals surface area contributed by atoms with Crippen molar-refractivity contribution < 1.29 is 4.79 Å². The van der Waals surface area contributed by atoms with Crippen LogP contribution in [0.4, 0.5) is 0 Å². The Morgan fingerprint density at radius 2 is 2.00 bits per heavy atom. The van der Waals surface area contributed by atoms with Crippen molar-refractivity contribution in [2.45, 2.75) is 52.7 Å². The van der Waals surface area contributed by atoms with E-state index in [2.05, 4.69) is 41.3 Å². The zero-order chi connectivity index (χ0) is 14.9. The highest BCUT2D eigenvalue weighted by atomic mass is 16.2. The fourth-order valence-corrected chi connectivity index (χ4v) is 2.49. The summed E-state index contributed by atoms with van der Waals surface area (Å²) in [5.41, 5.74) is 0.397. The highest BCUT2D eigenvalue weighted by Crippen LogP contribution is 2.19. The Morgan fingerprint density at radius 1 is 1.30 bits per heavy atom. The fourth-order valence-electron chi connectivity index (χ4n) is 2.49. The SMILES string of the molecule is CC1CN(C(C)C)CC1NC(=O)c1cn(C(C)C)nn1. The van der Waals surface area contributed by atoms with Crippen LogP contribution in [0.5, 0.6) is 0 Å². The number of likely N-dealkylation sites (tertiary alicyclic amines) is 1. The van der Waals surface area contributed by atoms with E-state index in [1.165, 1.54) is 0 Å². The van der Waals surface area contributed by atoms with Crippen molar-refractivity contribution in [2.75, 3.05) is 13.1 Å². The Morgan fingerprint density at radius 3 is 2.50 bits per heavy atom. The molecule has 1 N–H and O–H groups in total. The normalized spacial score (nSPS) is 23.8. The maximum Gasteiger partial charge on any atom is 0.273 e. The lowest BCUT2D eigenvalue weighted by Gasteiger charge is -2.20. The van der Waals surface area contributed by atoms with Gasteiger partial charge in [-0.05, 0) is 33.6 Å². The third-order valence-electron chi connectivity index (χ3n) is 3.96. The van der Waals surface area contributed by atoms with Crippen LogP contribution in [-0.2, 0) is 0 Å². The quantitative estimate of drug-likeness (QED) is 0.903. The molecular weight excluding hydrogens is 254 g/mol. The molecule has 2 heterocycles. The number of hydrogen-bond donors (Lipinski definition) is 1. The van der Waals surface area contributed by atoms with Gasteiger partial charge in [0.1, 0.15) is 0 Å². The summed E-state index contributed by atoms with van der Waals surface area (Å²) in [6.45, 7) is 12.5. The summed E-state index contributed by atoms with van der Waals surface area (Å²) in [5.74, 6) is 0.334. The third kappa shape index (κ3) is 3.17. The molecule has 1 aliphatic rings. The van der Waals surface area contributed by atoms with E-state index in [0.29, 0.717) is 17.7 Å². The first-order valence-electron chi connectivity index (χ1n) is 7.35. The van der Waals surface area contributed by atoms with Gasteiger partial charge in [0.2, 0.25) is 0 Å². The first kappa shape index (κ1) is 15.0. The van der Waals surface area contributed by atoms with Crippen LogP contribution in [0.3, 0.4) is 0 Å². The minimum absolute atomic E-state index is 0.126. The molecule has 112 valence electrons. The predicted octanol–water partition coefficient (Wildman–Crippen LogP) is 1.32. The van der Waals surface area contributed by atoms with E-state index in [0.717, 1.165) is 13.1 Å². The molecule has 0 spiro atoms. The number of carbonyl (C=O) groups is 1. The molecule has 0 bridgehead atoms. The van der Waals surface area contributed by atoms with E-state index in [9.17, 15) is 4.79 Å². The van der Waals surface area contributed by atoms with Crippen LogP contribution in [0.2, 0.25) is 0 Å². The number of aromatic nitrogens is 3. The Balaban J connectivity index is 1.97. The van der Waals surface area contributed by atoms with E-state index in [1.807, 2.05) is 13.8 Å². The zero-order valence-electron chi connectivity index (χ0n) is 13.0. The molecule has 1 amide bonds. The van der Waals surface area contributed by atoms with Crippen molar-refractivity contribution in [3.63, 3.8) is 0 Å². The monoisotopic (exact) mass is 279 g/mol. The molecule has 2 rings (SSSR count). The molecule has 0 saturated carbocycles. The predicted molar refractivity (Wildman–Crippen MR) is 77.5 cm³/mol. The molecule has 2 atom stereocenters. The highest BCUT2D eigenvalue weighted by molar-refractivity contribution is 5.92. The van der Waals surface area contributed by atoms with Crippen LogP contribution in [0.1, 0.15) is 51.1 Å². The first-order chi connectivity index (χ1) is 9.38. The van der Waals surface area contributed by atoms with Gasteiger partial charge in [0.25, 0.3) is 5.91 Å². The molecular formula is C14H25N5O. The third-order valence-corrected chi connectivity index (χ3v) is 3.96. The number of hydrogen-bond acceptors (Lipinski definition) is 4. The number of rotatable bonds is 4. The average molecular weight is 279 g/mol. The lowest BCUT2D eigenvalue weighted by molar-refractivity contribution is 0.0925. The van der Waals surface area contributed by atoms with Crippen molar-refractivity contribution in [2.24, 2.45) is 5.92 Å². The molecule has 20 heavy (non-hydrogen) atoms. The van der Waals surface area contributed by atoms with E-state index in [1.54, 1.807) is 10.9 Å². The van der Waals surface area contributed by atoms with Crippen LogP contribution < -0.4 is 5.32 Å². The van der Waals surface area contributed by atoms with Crippen molar-refractivity contribution >= 4 is 5.91 Å². The second kappa shape index (κ2) is 5.91. The summed E-state index contributed by atoms with van der Waals surface area (Å²) in [4.78, 5) is 14.6. The van der Waals surface area contributed by atoms with Crippen LogP contribution >= 0.6 is 0 Å². The maximum atomic E-state index is 12.2. The Bertz CT molecular complexity index is 468. The number of nitrogens with one attached hydrogen (secondary N) is 1. The molecule has 6 heteroatoms. The second-order valence-corrected chi connectivity index (χ2v) is 6.28. The summed E-state index contributed by atoms with van der Waals surface area (Å²) in [6, 6.07) is 0.918. The van der Waals surface area contributed by atoms with Crippen molar-refractivity contribution in [3.8, 4) is 0 Å². The molecule has 1 saturated heterocycles. The van der Waals surface area contributed by atoms with Gasteiger partial charge in [-0.3, -0.25) is 9.69 Å². The first-order valence-corrected chi connectivity index (χ1v) is 7.35. The summed E-state index contributed by atoms with van der Waals surface area (Å²) in [6.07, 6.45) is 1.71. The lowest BCUT2D eigenvalue weighted by Crippen LogP contribution is -2.40. The van der Waals surface area contributed by atoms with Gasteiger partial charge in [-0.1, -0.05) is 12.1 Å². The van der Waals surface area contributed by atoms with Gasteiger partial charge in [-0.15, -0.1) is 5.10 Å². The van der Waals surface area contributed by atoms with Crippen molar-refractivity contribution in [3.05, 3.63) is 11.9 Å². The molecule has 1 aromatic rings. The van der Waals surface area contributed by atoms with E-state index in [4.69, 9.17) is 0 Å². The van der Waals surface area contributed by atoms with Crippen LogP contribution in [0, 0.1) is 5.92 Å². The van der Waals surface area contributed by atoms with Gasteiger partial charge in [-0.2, -0.15) is 0 Å². The van der Waals surface area contributed by atoms with Gasteiger partial charge < -0.3 is 5.32 Å². The molecule has 1 aromatic heterocycles. The van der Waals surface area contributed by atoms with Gasteiger partial charge in [0.15, 0.2) is 5.69 Å². The summed E-state index contributed by atoms with van der Waals surface area (Å²) >= 11 is 0. The zero-order valence-corrected chi connectivity index (χ0v) is 13.0. The van der Waals surface area contributed by atoms with Gasteiger partial charge in [-0.25, -0.2) is 4.68 Å². The summed E-state index contributed by atoms with van der Waals surface area (Å²) in [7, 11) is 0. The largest absolute Gasteiger partial charge is 0.346 e. The number of nitrogens with zero attached hydrogens (tertiary/aromatic N) is 4. The van der Waals surface area contributed by atoms with E-state index < -0.39 is 0 Å². The molecule has 0 aliphatic carbocycles. The minimum atomic E-state index is -0.126.